The Balaban J connectivity index is 1.90. The van der Waals surface area contributed by atoms with Crippen molar-refractivity contribution < 1.29 is 19.4 Å². The molecule has 0 radical (unpaired) electrons. The third-order valence-electron chi connectivity index (χ3n) is 4.62. The number of allylic oxidation sites excluding steroid dienone is 1. The molecule has 0 saturated heterocycles. The lowest BCUT2D eigenvalue weighted by Crippen LogP contribution is -2.21. The van der Waals surface area contributed by atoms with Crippen LogP contribution >= 0.6 is 15.9 Å². The van der Waals surface area contributed by atoms with Crippen LogP contribution in [0.15, 0.2) is 65.1 Å². The number of hydrogen-bond donors (Lipinski definition) is 0. The summed E-state index contributed by atoms with van der Waals surface area (Å²) in [4.78, 5) is 10.9. The molecule has 3 aromatic carbocycles. The largest absolute Gasteiger partial charge is 0.545 e. The quantitative estimate of drug-likeness (QED) is 0.362. The van der Waals surface area contributed by atoms with Crippen LogP contribution in [0.3, 0.4) is 0 Å². The highest BCUT2D eigenvalue weighted by molar-refractivity contribution is 9.10. The number of nitrogens with zero attached hydrogens (tertiary/aromatic N) is 2. The molecular formula is C25H16BrN2O4-. The van der Waals surface area contributed by atoms with Crippen molar-refractivity contribution in [1.29, 1.82) is 10.5 Å². The normalized spacial score (nSPS) is 10.7. The Morgan fingerprint density at radius 2 is 1.78 bits per heavy atom. The van der Waals surface area contributed by atoms with E-state index in [4.69, 9.17) is 9.47 Å². The number of rotatable bonds is 7. The number of carboxylic acids is 1. The first-order chi connectivity index (χ1) is 15.5. The topological polar surface area (TPSA) is 106 Å². The summed E-state index contributed by atoms with van der Waals surface area (Å²) in [6, 6.07) is 20.8. The van der Waals surface area contributed by atoms with Crippen LogP contribution in [0, 0.1) is 22.7 Å². The van der Waals surface area contributed by atoms with E-state index in [0.717, 1.165) is 5.56 Å². The van der Waals surface area contributed by atoms with Crippen molar-refractivity contribution in [2.45, 2.75) is 6.61 Å². The Labute approximate surface area is 193 Å². The van der Waals surface area contributed by atoms with E-state index in [2.05, 4.69) is 28.1 Å². The number of carboxylic acid groups (broad SMARTS) is 1. The number of carbonyl (C=O) groups is 1. The molecule has 0 amide bonds. The van der Waals surface area contributed by atoms with E-state index in [-0.39, 0.29) is 12.2 Å². The van der Waals surface area contributed by atoms with Crippen LogP contribution < -0.4 is 14.6 Å². The average Bonchev–Trinajstić information content (AvgIpc) is 2.81. The predicted molar refractivity (Wildman–Crippen MR) is 120 cm³/mol. The highest BCUT2D eigenvalue weighted by Gasteiger charge is 2.13. The maximum absolute atomic E-state index is 10.9. The van der Waals surface area contributed by atoms with Crippen LogP contribution in [-0.4, -0.2) is 13.1 Å². The van der Waals surface area contributed by atoms with Crippen LogP contribution in [-0.2, 0) is 6.61 Å². The minimum atomic E-state index is -1.28. The van der Waals surface area contributed by atoms with Crippen molar-refractivity contribution in [2.75, 3.05) is 7.11 Å². The first kappa shape index (κ1) is 22.6. The van der Waals surface area contributed by atoms with Gasteiger partial charge >= 0.3 is 0 Å². The fourth-order valence-corrected chi connectivity index (χ4v) is 3.58. The van der Waals surface area contributed by atoms with Gasteiger partial charge in [-0.05, 0) is 56.9 Å². The molecule has 0 heterocycles. The second-order valence-electron chi connectivity index (χ2n) is 6.63. The molecule has 0 aliphatic heterocycles. The number of ether oxygens (including phenoxy) is 2. The summed E-state index contributed by atoms with van der Waals surface area (Å²) in [5, 5.41) is 29.8. The van der Waals surface area contributed by atoms with Crippen molar-refractivity contribution in [3.8, 4) is 23.6 Å². The van der Waals surface area contributed by atoms with Crippen LogP contribution in [0.25, 0.3) is 11.6 Å². The number of carbonyl (C=O) groups excluding carboxylic acids is 1. The van der Waals surface area contributed by atoms with Crippen molar-refractivity contribution in [2.24, 2.45) is 0 Å². The lowest BCUT2D eigenvalue weighted by atomic mass is 10.0. The summed E-state index contributed by atoms with van der Waals surface area (Å²) >= 11 is 3.49. The number of methoxy groups -OCH3 is 1. The van der Waals surface area contributed by atoms with Gasteiger partial charge in [0, 0.05) is 5.56 Å². The summed E-state index contributed by atoms with van der Waals surface area (Å²) in [6.45, 7) is 0.183. The lowest BCUT2D eigenvalue weighted by Gasteiger charge is -2.14. The summed E-state index contributed by atoms with van der Waals surface area (Å²) in [6.07, 6.45) is 1.66. The van der Waals surface area contributed by atoms with Crippen molar-refractivity contribution in [3.63, 3.8) is 0 Å². The Kier molecular flexibility index (Phi) is 7.28. The highest BCUT2D eigenvalue weighted by Crippen LogP contribution is 2.38. The second-order valence-corrected chi connectivity index (χ2v) is 7.48. The molecule has 0 spiro atoms. The lowest BCUT2D eigenvalue weighted by molar-refractivity contribution is -0.255. The molecule has 0 aliphatic carbocycles. The maximum Gasteiger partial charge on any atom is 0.175 e. The SMILES string of the molecule is COc1cc(/C=C(/C#N)c2ccc(C(=O)[O-])cc2)cc(Br)c1OCc1ccccc1C#N. The van der Waals surface area contributed by atoms with Gasteiger partial charge in [0.25, 0.3) is 0 Å². The molecule has 0 fully saturated rings. The number of aromatic carboxylic acids is 1. The first-order valence-corrected chi connectivity index (χ1v) is 10.2. The molecule has 0 bridgehead atoms. The molecule has 7 heteroatoms. The van der Waals surface area contributed by atoms with Crippen molar-refractivity contribution in [3.05, 3.63) is 93.0 Å². The van der Waals surface area contributed by atoms with Crippen LogP contribution in [0.5, 0.6) is 11.5 Å². The molecule has 3 rings (SSSR count). The number of nitriles is 2. The van der Waals surface area contributed by atoms with E-state index in [1.54, 1.807) is 42.5 Å². The smallest absolute Gasteiger partial charge is 0.175 e. The Morgan fingerprint density at radius 3 is 2.41 bits per heavy atom. The molecule has 32 heavy (non-hydrogen) atoms. The standard InChI is InChI=1S/C25H17BrN2O4/c1-31-23-12-16(10-21(14-28)17-6-8-18(9-7-17)25(29)30)11-22(26)24(23)32-15-20-5-3-2-4-19(20)13-27/h2-12H,15H2,1H3,(H,29,30)/p-1/b21-10-. The number of benzene rings is 3. The summed E-state index contributed by atoms with van der Waals surface area (Å²) in [7, 11) is 1.51. The molecule has 158 valence electrons. The molecule has 0 aromatic heterocycles. The third-order valence-corrected chi connectivity index (χ3v) is 5.21. The minimum Gasteiger partial charge on any atom is -0.545 e. The molecule has 0 aliphatic rings. The zero-order valence-corrected chi connectivity index (χ0v) is 18.5. The van der Waals surface area contributed by atoms with Crippen molar-refractivity contribution >= 4 is 33.5 Å². The van der Waals surface area contributed by atoms with Gasteiger partial charge in [0.05, 0.1) is 40.8 Å². The first-order valence-electron chi connectivity index (χ1n) is 9.38. The van der Waals surface area contributed by atoms with Gasteiger partial charge in [-0.15, -0.1) is 0 Å². The Morgan fingerprint density at radius 1 is 1.09 bits per heavy atom. The van der Waals surface area contributed by atoms with Gasteiger partial charge in [-0.2, -0.15) is 10.5 Å². The maximum atomic E-state index is 10.9. The predicted octanol–water partition coefficient (Wildman–Crippen LogP) is 4.34. The van der Waals surface area contributed by atoms with Gasteiger partial charge in [-0.3, -0.25) is 0 Å². The van der Waals surface area contributed by atoms with Crippen LogP contribution in [0.2, 0.25) is 0 Å². The number of halogens is 1. The minimum absolute atomic E-state index is 0.0370. The number of hydrogen-bond acceptors (Lipinski definition) is 6. The molecular weight excluding hydrogens is 472 g/mol. The summed E-state index contributed by atoms with van der Waals surface area (Å²) in [5.41, 5.74) is 2.92. The summed E-state index contributed by atoms with van der Waals surface area (Å²) in [5.74, 6) is -0.362. The van der Waals surface area contributed by atoms with E-state index in [1.807, 2.05) is 12.1 Å². The van der Waals surface area contributed by atoms with E-state index >= 15 is 0 Å². The fraction of sp³-hybridized carbons (Fsp3) is 0.0800. The fourth-order valence-electron chi connectivity index (χ4n) is 3.00. The highest BCUT2D eigenvalue weighted by atomic mass is 79.9. The van der Waals surface area contributed by atoms with Gasteiger partial charge in [0.15, 0.2) is 11.5 Å². The molecule has 3 aromatic rings. The van der Waals surface area contributed by atoms with E-state index in [9.17, 15) is 20.4 Å². The molecule has 6 nitrogen and oxygen atoms in total. The van der Waals surface area contributed by atoms with Gasteiger partial charge in [0.1, 0.15) is 6.61 Å². The molecule has 0 N–H and O–H groups in total. The van der Waals surface area contributed by atoms with E-state index in [1.165, 1.54) is 19.2 Å². The van der Waals surface area contributed by atoms with Crippen LogP contribution in [0.4, 0.5) is 0 Å². The Hall–Kier alpha value is -4.07. The van der Waals surface area contributed by atoms with Gasteiger partial charge < -0.3 is 19.4 Å². The van der Waals surface area contributed by atoms with E-state index in [0.29, 0.717) is 38.2 Å². The van der Waals surface area contributed by atoms with E-state index < -0.39 is 5.97 Å². The van der Waals surface area contributed by atoms with Gasteiger partial charge in [-0.25, -0.2) is 0 Å². The molecule has 0 unspecified atom stereocenters. The van der Waals surface area contributed by atoms with Crippen LogP contribution in [0.1, 0.15) is 32.6 Å². The third kappa shape index (κ3) is 5.15. The average molecular weight is 488 g/mol. The monoisotopic (exact) mass is 487 g/mol. The molecule has 0 atom stereocenters. The Bertz CT molecular complexity index is 1270. The zero-order valence-electron chi connectivity index (χ0n) is 17.0. The van der Waals surface area contributed by atoms with Crippen molar-refractivity contribution in [1.82, 2.24) is 0 Å². The van der Waals surface area contributed by atoms with Gasteiger partial charge in [0.2, 0.25) is 0 Å². The molecule has 0 saturated carbocycles. The summed E-state index contributed by atoms with van der Waals surface area (Å²) < 4.78 is 12.0. The zero-order chi connectivity index (χ0) is 23.1. The van der Waals surface area contributed by atoms with Gasteiger partial charge in [-0.1, -0.05) is 42.5 Å². The second kappa shape index (κ2) is 10.3.